The van der Waals surface area contributed by atoms with Crippen LogP contribution in [-0.4, -0.2) is 29.9 Å². The van der Waals surface area contributed by atoms with Crippen LogP contribution in [0.3, 0.4) is 0 Å². The molecule has 1 aliphatic heterocycles. The zero-order chi connectivity index (χ0) is 14.8. The van der Waals surface area contributed by atoms with Crippen LogP contribution >= 0.6 is 0 Å². The maximum atomic E-state index is 12.7. The van der Waals surface area contributed by atoms with E-state index in [-0.39, 0.29) is 5.92 Å². The van der Waals surface area contributed by atoms with Crippen molar-refractivity contribution in [3.63, 3.8) is 0 Å². The summed E-state index contributed by atoms with van der Waals surface area (Å²) in [7, 11) is 0. The lowest BCUT2D eigenvalue weighted by Gasteiger charge is -2.41. The Labute approximate surface area is 124 Å². The third-order valence-corrected chi connectivity index (χ3v) is 5.48. The monoisotopic (exact) mass is 280 g/mol. The number of carbonyl (C=O) groups excluding carboxylic acids is 1. The van der Waals surface area contributed by atoms with Crippen molar-refractivity contribution in [3.05, 3.63) is 0 Å². The van der Waals surface area contributed by atoms with Gasteiger partial charge in [-0.3, -0.25) is 4.79 Å². The number of hydrogen-bond acceptors (Lipinski definition) is 2. The fraction of sp³-hybridized carbons (Fsp3) is 0.941. The summed E-state index contributed by atoms with van der Waals surface area (Å²) < 4.78 is 0. The number of nitrogens with two attached hydrogens (primary N) is 1. The second-order valence-corrected chi connectivity index (χ2v) is 7.83. The molecule has 3 nitrogen and oxygen atoms in total. The minimum absolute atomic E-state index is 0.265. The SMILES string of the molecule is CC(C)(C)C1CCC(C(=O)N2CCCCC2CN)CC1. The van der Waals surface area contributed by atoms with E-state index in [1.54, 1.807) is 0 Å². The summed E-state index contributed by atoms with van der Waals surface area (Å²) in [5, 5.41) is 0. The molecule has 116 valence electrons. The molecule has 2 fully saturated rings. The molecule has 0 bridgehead atoms. The molecular weight excluding hydrogens is 248 g/mol. The van der Waals surface area contributed by atoms with Crippen LogP contribution in [0.5, 0.6) is 0 Å². The molecule has 2 N–H and O–H groups in total. The van der Waals surface area contributed by atoms with Gasteiger partial charge < -0.3 is 10.6 Å². The summed E-state index contributed by atoms with van der Waals surface area (Å²) in [5.74, 6) is 1.44. The highest BCUT2D eigenvalue weighted by Crippen LogP contribution is 2.40. The molecule has 1 aliphatic carbocycles. The van der Waals surface area contributed by atoms with Gasteiger partial charge in [-0.2, -0.15) is 0 Å². The first-order chi connectivity index (χ1) is 9.43. The van der Waals surface area contributed by atoms with Crippen molar-refractivity contribution in [3.8, 4) is 0 Å². The van der Waals surface area contributed by atoms with Crippen LogP contribution in [0.1, 0.15) is 65.7 Å². The Morgan fingerprint density at radius 3 is 2.30 bits per heavy atom. The topological polar surface area (TPSA) is 46.3 Å². The molecule has 1 saturated carbocycles. The fourth-order valence-corrected chi connectivity index (χ4v) is 3.98. The maximum Gasteiger partial charge on any atom is 0.225 e. The van der Waals surface area contributed by atoms with Gasteiger partial charge in [0.1, 0.15) is 0 Å². The Kier molecular flexibility index (Phi) is 5.11. The predicted octanol–water partition coefficient (Wildman–Crippen LogP) is 3.18. The number of carbonyl (C=O) groups is 1. The average Bonchev–Trinajstić information content (AvgIpc) is 2.45. The zero-order valence-electron chi connectivity index (χ0n) is 13.5. The number of hydrogen-bond donors (Lipinski definition) is 1. The van der Waals surface area contributed by atoms with Crippen molar-refractivity contribution < 1.29 is 4.79 Å². The second-order valence-electron chi connectivity index (χ2n) is 7.83. The van der Waals surface area contributed by atoms with Gasteiger partial charge >= 0.3 is 0 Å². The van der Waals surface area contributed by atoms with Crippen molar-refractivity contribution >= 4 is 5.91 Å². The van der Waals surface area contributed by atoms with Crippen molar-refractivity contribution in [1.82, 2.24) is 4.90 Å². The van der Waals surface area contributed by atoms with Crippen molar-refractivity contribution in [2.24, 2.45) is 23.0 Å². The highest BCUT2D eigenvalue weighted by atomic mass is 16.2. The fourth-order valence-electron chi connectivity index (χ4n) is 3.98. The standard InChI is InChI=1S/C17H32N2O/c1-17(2,3)14-9-7-13(8-10-14)16(20)19-11-5-4-6-15(19)12-18/h13-15H,4-12,18H2,1-3H3. The van der Waals surface area contributed by atoms with Gasteiger partial charge in [0.05, 0.1) is 0 Å². The average molecular weight is 280 g/mol. The van der Waals surface area contributed by atoms with Gasteiger partial charge in [0.2, 0.25) is 5.91 Å². The summed E-state index contributed by atoms with van der Waals surface area (Å²) in [6.07, 6.45) is 8.05. The molecule has 0 radical (unpaired) electrons. The van der Waals surface area contributed by atoms with E-state index < -0.39 is 0 Å². The van der Waals surface area contributed by atoms with E-state index >= 15 is 0 Å². The van der Waals surface area contributed by atoms with Gasteiger partial charge in [0.25, 0.3) is 0 Å². The third-order valence-electron chi connectivity index (χ3n) is 5.48. The molecule has 20 heavy (non-hydrogen) atoms. The van der Waals surface area contributed by atoms with Gasteiger partial charge in [-0.1, -0.05) is 20.8 Å². The molecular formula is C17H32N2O. The lowest BCUT2D eigenvalue weighted by atomic mass is 9.69. The summed E-state index contributed by atoms with van der Waals surface area (Å²) in [6.45, 7) is 8.54. The Bertz CT molecular complexity index is 326. The Morgan fingerprint density at radius 1 is 1.10 bits per heavy atom. The highest BCUT2D eigenvalue weighted by Gasteiger charge is 2.36. The van der Waals surface area contributed by atoms with Gasteiger partial charge in [-0.15, -0.1) is 0 Å². The minimum Gasteiger partial charge on any atom is -0.338 e. The van der Waals surface area contributed by atoms with Crippen LogP contribution in [0, 0.1) is 17.3 Å². The van der Waals surface area contributed by atoms with Crippen LogP contribution in [-0.2, 0) is 4.79 Å². The maximum absolute atomic E-state index is 12.7. The molecule has 3 heteroatoms. The molecule has 1 amide bonds. The molecule has 2 rings (SSSR count). The first-order valence-corrected chi connectivity index (χ1v) is 8.44. The Morgan fingerprint density at radius 2 is 1.75 bits per heavy atom. The van der Waals surface area contributed by atoms with Crippen molar-refractivity contribution in [2.75, 3.05) is 13.1 Å². The zero-order valence-corrected chi connectivity index (χ0v) is 13.5. The first-order valence-electron chi connectivity index (χ1n) is 8.44. The smallest absolute Gasteiger partial charge is 0.225 e. The lowest BCUT2D eigenvalue weighted by Crippen LogP contribution is -2.50. The number of amides is 1. The summed E-state index contributed by atoms with van der Waals surface area (Å²) in [5.41, 5.74) is 6.23. The number of likely N-dealkylation sites (tertiary alicyclic amines) is 1. The van der Waals surface area contributed by atoms with E-state index in [1.165, 1.54) is 19.3 Å². The largest absolute Gasteiger partial charge is 0.338 e. The van der Waals surface area contributed by atoms with Crippen LogP contribution in [0.15, 0.2) is 0 Å². The Hall–Kier alpha value is -0.570. The van der Waals surface area contributed by atoms with E-state index in [0.29, 0.717) is 23.9 Å². The molecule has 0 aromatic carbocycles. The molecule has 0 spiro atoms. The molecule has 2 aliphatic rings. The van der Waals surface area contributed by atoms with E-state index in [1.807, 2.05) is 0 Å². The van der Waals surface area contributed by atoms with Crippen LogP contribution in [0.2, 0.25) is 0 Å². The second kappa shape index (κ2) is 6.46. The summed E-state index contributed by atoms with van der Waals surface area (Å²) in [6, 6.07) is 0.302. The minimum atomic E-state index is 0.265. The molecule has 1 atom stereocenters. The molecule has 1 unspecified atom stereocenters. The first kappa shape index (κ1) is 15.8. The number of rotatable bonds is 2. The van der Waals surface area contributed by atoms with E-state index in [0.717, 1.165) is 38.1 Å². The van der Waals surface area contributed by atoms with Gasteiger partial charge in [-0.05, 0) is 56.3 Å². The Balaban J connectivity index is 1.91. The van der Waals surface area contributed by atoms with Gasteiger partial charge in [0, 0.05) is 25.0 Å². The molecule has 0 aromatic rings. The number of piperidine rings is 1. The third kappa shape index (κ3) is 3.55. The normalized spacial score (nSPS) is 32.2. The summed E-state index contributed by atoms with van der Waals surface area (Å²) >= 11 is 0. The lowest BCUT2D eigenvalue weighted by molar-refractivity contribution is -0.140. The van der Waals surface area contributed by atoms with E-state index in [2.05, 4.69) is 25.7 Å². The van der Waals surface area contributed by atoms with E-state index in [4.69, 9.17) is 5.73 Å². The van der Waals surface area contributed by atoms with Crippen LogP contribution < -0.4 is 5.73 Å². The number of nitrogens with zero attached hydrogens (tertiary/aromatic N) is 1. The van der Waals surface area contributed by atoms with E-state index in [9.17, 15) is 4.79 Å². The van der Waals surface area contributed by atoms with Gasteiger partial charge in [0.15, 0.2) is 0 Å². The highest BCUT2D eigenvalue weighted by molar-refractivity contribution is 5.79. The van der Waals surface area contributed by atoms with Crippen molar-refractivity contribution in [1.29, 1.82) is 0 Å². The van der Waals surface area contributed by atoms with Crippen molar-refractivity contribution in [2.45, 2.75) is 71.8 Å². The predicted molar refractivity (Wildman–Crippen MR) is 83.3 cm³/mol. The van der Waals surface area contributed by atoms with Crippen LogP contribution in [0.4, 0.5) is 0 Å². The molecule has 1 heterocycles. The molecule has 0 aromatic heterocycles. The van der Waals surface area contributed by atoms with Gasteiger partial charge in [-0.25, -0.2) is 0 Å². The quantitative estimate of drug-likeness (QED) is 0.844. The molecule has 1 saturated heterocycles. The van der Waals surface area contributed by atoms with Crippen LogP contribution in [0.25, 0.3) is 0 Å². The summed E-state index contributed by atoms with van der Waals surface area (Å²) in [4.78, 5) is 14.9.